The second-order valence-corrected chi connectivity index (χ2v) is 3.38. The Morgan fingerprint density at radius 2 is 1.56 bits per heavy atom. The lowest BCUT2D eigenvalue weighted by atomic mass is 10.0. The average Bonchev–Trinajstić information content (AvgIpc) is 2.37. The maximum Gasteiger partial charge on any atom is 0.0462 e. The zero-order valence-corrected chi connectivity index (χ0v) is 10.2. The maximum absolute atomic E-state index is 6.50. The van der Waals surface area contributed by atoms with E-state index in [4.69, 9.17) is 10.5 Å². The Hall–Kier alpha value is -1.80. The lowest BCUT2D eigenvalue weighted by Gasteiger charge is -2.03. The molecule has 1 aromatic carbocycles. The Morgan fingerprint density at radius 3 is 2.06 bits per heavy atom. The predicted molar refractivity (Wildman–Crippen MR) is 67.7 cm³/mol. The fourth-order valence-electron chi connectivity index (χ4n) is 1.46. The van der Waals surface area contributed by atoms with Gasteiger partial charge >= 0.3 is 0 Å². The van der Waals surface area contributed by atoms with Gasteiger partial charge in [0, 0.05) is 13.1 Å². The molecule has 1 rings (SSSR count). The quantitative estimate of drug-likeness (QED) is 0.714. The summed E-state index contributed by atoms with van der Waals surface area (Å²) in [5.74, 6) is 0. The van der Waals surface area contributed by atoms with E-state index in [1.54, 1.807) is 0 Å². The molecular formula is C14H20N2. The van der Waals surface area contributed by atoms with E-state index in [9.17, 15) is 0 Å². The summed E-state index contributed by atoms with van der Waals surface area (Å²) in [6.45, 7) is 11.4. The van der Waals surface area contributed by atoms with E-state index in [1.807, 2.05) is 0 Å². The Labute approximate surface area is 99.1 Å². The summed E-state index contributed by atoms with van der Waals surface area (Å²) in [6.07, 6.45) is 5.25. The van der Waals surface area contributed by atoms with Gasteiger partial charge in [-0.05, 0) is 30.9 Å². The number of nitrogens with zero attached hydrogens (tertiary/aromatic N) is 2. The van der Waals surface area contributed by atoms with Crippen molar-refractivity contribution in [1.82, 2.24) is 0 Å². The van der Waals surface area contributed by atoms with Crippen molar-refractivity contribution in [2.45, 2.75) is 39.5 Å². The van der Waals surface area contributed by atoms with E-state index < -0.39 is 0 Å². The number of rotatable bonds is 4. The molecule has 0 saturated carbocycles. The van der Waals surface area contributed by atoms with Crippen LogP contribution in [0.3, 0.4) is 0 Å². The van der Waals surface area contributed by atoms with Crippen molar-refractivity contribution < 1.29 is 0 Å². The molecule has 0 spiro atoms. The minimum atomic E-state index is 1.25. The third-order valence-corrected chi connectivity index (χ3v) is 2.31. The normalized spacial score (nSPS) is 7.88. The molecule has 2 nitrogen and oxygen atoms in total. The number of benzene rings is 1. The van der Waals surface area contributed by atoms with E-state index >= 15 is 0 Å². The van der Waals surface area contributed by atoms with Gasteiger partial charge in [0.15, 0.2) is 0 Å². The molecule has 86 valence electrons. The van der Waals surface area contributed by atoms with Crippen LogP contribution in [-0.2, 0) is 6.42 Å². The first-order valence-corrected chi connectivity index (χ1v) is 5.40. The van der Waals surface area contributed by atoms with Crippen molar-refractivity contribution >= 4 is 0 Å². The Morgan fingerprint density at radius 1 is 1.00 bits per heavy atom. The van der Waals surface area contributed by atoms with Crippen molar-refractivity contribution in [3.05, 3.63) is 35.4 Å². The minimum absolute atomic E-state index is 1.25. The fourth-order valence-corrected chi connectivity index (χ4v) is 1.46. The van der Waals surface area contributed by atoms with Gasteiger partial charge in [0.2, 0.25) is 0 Å². The molecule has 1 aromatic rings. The first-order valence-electron chi connectivity index (χ1n) is 5.40. The highest BCUT2D eigenvalue weighted by Gasteiger charge is 1.95. The molecule has 0 heterocycles. The molecule has 0 fully saturated rings. The number of hydrogen-bond donors (Lipinski definition) is 0. The van der Waals surface area contributed by atoms with E-state index in [2.05, 4.69) is 51.3 Å². The average molecular weight is 216 g/mol. The number of hydrogen-bond acceptors (Lipinski definition) is 2. The molecule has 0 saturated heterocycles. The Balaban J connectivity index is 0. The van der Waals surface area contributed by atoms with Crippen LogP contribution in [0.4, 0.5) is 0 Å². The lowest BCUT2D eigenvalue weighted by molar-refractivity contribution is 0.715. The zero-order chi connectivity index (χ0) is 12.8. The smallest absolute Gasteiger partial charge is 0.0462 e. The first kappa shape index (κ1) is 16.6. The topological polar surface area (TPSA) is 47.6 Å². The van der Waals surface area contributed by atoms with Crippen LogP contribution >= 0.6 is 0 Å². The van der Waals surface area contributed by atoms with Crippen LogP contribution in [0.2, 0.25) is 0 Å². The van der Waals surface area contributed by atoms with Gasteiger partial charge in [-0.1, -0.05) is 44.0 Å². The van der Waals surface area contributed by atoms with Crippen LogP contribution in [-0.4, -0.2) is 0 Å². The van der Waals surface area contributed by atoms with Gasteiger partial charge in [-0.15, -0.1) is 0 Å². The van der Waals surface area contributed by atoms with Crippen molar-refractivity contribution in [1.29, 1.82) is 10.5 Å². The van der Waals surface area contributed by atoms with Gasteiger partial charge in [-0.25, -0.2) is 10.5 Å². The second-order valence-electron chi connectivity index (χ2n) is 3.38. The minimum Gasteiger partial charge on any atom is -0.202 e. The molecule has 0 aliphatic carbocycles. The molecule has 16 heavy (non-hydrogen) atoms. The Bertz CT molecular complexity index is 294. The highest BCUT2D eigenvalue weighted by molar-refractivity contribution is 5.25. The fraction of sp³-hybridized carbons (Fsp3) is 0.429. The molecule has 0 atom stereocenters. The van der Waals surface area contributed by atoms with Gasteiger partial charge in [0.05, 0.1) is 0 Å². The van der Waals surface area contributed by atoms with Crippen LogP contribution in [0.25, 0.3) is 0 Å². The molecule has 0 bridgehead atoms. The van der Waals surface area contributed by atoms with E-state index in [0.717, 1.165) is 0 Å². The molecular weight excluding hydrogens is 196 g/mol. The van der Waals surface area contributed by atoms with E-state index in [-0.39, 0.29) is 0 Å². The van der Waals surface area contributed by atoms with Gasteiger partial charge in [0.25, 0.3) is 0 Å². The molecule has 0 aliphatic heterocycles. The standard InChI is InChI=1S/C12H18.2CHN/c1-3-4-5-9-12-10-7-6-8-11(12)2;2*1-2/h6-8,10H,3-5,9H2,1-2H3;2*1H. The third-order valence-electron chi connectivity index (χ3n) is 2.31. The largest absolute Gasteiger partial charge is 0.202 e. The highest BCUT2D eigenvalue weighted by atomic mass is 14.2. The summed E-state index contributed by atoms with van der Waals surface area (Å²) >= 11 is 0. The zero-order valence-electron chi connectivity index (χ0n) is 10.2. The summed E-state index contributed by atoms with van der Waals surface area (Å²) in [7, 11) is 0. The summed E-state index contributed by atoms with van der Waals surface area (Å²) in [4.78, 5) is 0. The number of nitriles is 2. The molecule has 2 heteroatoms. The predicted octanol–water partition coefficient (Wildman–Crippen LogP) is 4.01. The highest BCUT2D eigenvalue weighted by Crippen LogP contribution is 2.10. The first-order chi connectivity index (χ1) is 7.84. The Kier molecular flexibility index (Phi) is 13.7. The number of aryl methyl sites for hydroxylation is 2. The van der Waals surface area contributed by atoms with Crippen LogP contribution in [0.1, 0.15) is 37.3 Å². The van der Waals surface area contributed by atoms with Crippen LogP contribution < -0.4 is 0 Å². The van der Waals surface area contributed by atoms with Gasteiger partial charge in [0.1, 0.15) is 0 Å². The van der Waals surface area contributed by atoms with Crippen molar-refractivity contribution in [2.24, 2.45) is 0 Å². The van der Waals surface area contributed by atoms with Crippen LogP contribution in [0.15, 0.2) is 24.3 Å². The van der Waals surface area contributed by atoms with Gasteiger partial charge in [-0.2, -0.15) is 0 Å². The van der Waals surface area contributed by atoms with Crippen molar-refractivity contribution in [3.63, 3.8) is 0 Å². The van der Waals surface area contributed by atoms with E-state index in [1.165, 1.54) is 36.8 Å². The summed E-state index contributed by atoms with van der Waals surface area (Å²) in [6, 6.07) is 8.68. The molecule has 0 radical (unpaired) electrons. The van der Waals surface area contributed by atoms with Crippen LogP contribution in [0, 0.1) is 30.6 Å². The monoisotopic (exact) mass is 216 g/mol. The molecule has 0 aliphatic rings. The molecule has 0 unspecified atom stereocenters. The summed E-state index contributed by atoms with van der Waals surface area (Å²) in [5.41, 5.74) is 2.96. The molecule has 0 N–H and O–H groups in total. The second kappa shape index (κ2) is 13.2. The summed E-state index contributed by atoms with van der Waals surface area (Å²) in [5, 5.41) is 13.0. The van der Waals surface area contributed by atoms with Crippen molar-refractivity contribution in [2.75, 3.05) is 0 Å². The maximum atomic E-state index is 6.50. The number of unbranched alkanes of at least 4 members (excludes halogenated alkanes) is 2. The SMILES string of the molecule is C#N.C#N.CCCCCc1ccccc1C. The van der Waals surface area contributed by atoms with Crippen molar-refractivity contribution in [3.8, 4) is 13.1 Å². The summed E-state index contributed by atoms with van der Waals surface area (Å²) < 4.78 is 0. The van der Waals surface area contributed by atoms with Gasteiger partial charge in [-0.3, -0.25) is 0 Å². The lowest BCUT2D eigenvalue weighted by Crippen LogP contribution is -1.88. The van der Waals surface area contributed by atoms with Crippen LogP contribution in [0.5, 0.6) is 0 Å². The molecule has 0 aromatic heterocycles. The molecule has 0 amide bonds. The van der Waals surface area contributed by atoms with E-state index in [0.29, 0.717) is 0 Å². The van der Waals surface area contributed by atoms with Gasteiger partial charge < -0.3 is 0 Å². The third kappa shape index (κ3) is 7.59.